The average Bonchev–Trinajstić information content (AvgIpc) is 2.39. The molecule has 0 saturated heterocycles. The van der Waals surface area contributed by atoms with Gasteiger partial charge < -0.3 is 5.32 Å². The summed E-state index contributed by atoms with van der Waals surface area (Å²) in [6.07, 6.45) is 5.28. The fraction of sp³-hybridized carbons (Fsp3) is 0.0769. The Morgan fingerprint density at radius 1 is 1.28 bits per heavy atom. The van der Waals surface area contributed by atoms with Crippen LogP contribution in [0, 0.1) is 0 Å². The molecule has 0 aliphatic rings. The Kier molecular flexibility index (Phi) is 4.38. The number of carbonyl (C=O) groups excluding carboxylic acids is 1. The first-order chi connectivity index (χ1) is 8.69. The number of thioether (sulfide) groups is 1. The van der Waals surface area contributed by atoms with E-state index in [4.69, 9.17) is 0 Å². The minimum Gasteiger partial charge on any atom is -0.321 e. The lowest BCUT2D eigenvalue weighted by atomic mass is 10.2. The molecule has 5 heteroatoms. The third-order valence-corrected chi connectivity index (χ3v) is 3.49. The predicted molar refractivity (Wildman–Crippen MR) is 78.1 cm³/mol. The van der Waals surface area contributed by atoms with E-state index in [1.54, 1.807) is 30.2 Å². The minimum absolute atomic E-state index is 0.137. The van der Waals surface area contributed by atoms with Gasteiger partial charge in [-0.3, -0.25) is 9.78 Å². The van der Waals surface area contributed by atoms with E-state index in [0.717, 1.165) is 9.37 Å². The molecule has 0 spiro atoms. The summed E-state index contributed by atoms with van der Waals surface area (Å²) >= 11 is 4.96. The van der Waals surface area contributed by atoms with Crippen molar-refractivity contribution in [2.24, 2.45) is 0 Å². The molecule has 0 bridgehead atoms. The van der Waals surface area contributed by atoms with E-state index in [9.17, 15) is 4.79 Å². The van der Waals surface area contributed by atoms with Crippen molar-refractivity contribution >= 4 is 39.3 Å². The highest BCUT2D eigenvalue weighted by atomic mass is 79.9. The Hall–Kier alpha value is -1.33. The fourth-order valence-electron chi connectivity index (χ4n) is 1.43. The second-order valence-electron chi connectivity index (χ2n) is 3.57. The van der Waals surface area contributed by atoms with Crippen LogP contribution >= 0.6 is 27.7 Å². The molecular formula is C13H11BrN2OS. The molecule has 1 heterocycles. The van der Waals surface area contributed by atoms with Gasteiger partial charge in [-0.25, -0.2) is 0 Å². The Morgan fingerprint density at radius 2 is 2.00 bits per heavy atom. The molecular weight excluding hydrogens is 312 g/mol. The molecule has 1 aromatic carbocycles. The number of carbonyl (C=O) groups is 1. The number of pyridine rings is 1. The largest absolute Gasteiger partial charge is 0.321 e. The number of halogens is 1. The molecule has 1 amide bonds. The van der Waals surface area contributed by atoms with Crippen molar-refractivity contribution in [1.29, 1.82) is 0 Å². The second kappa shape index (κ2) is 6.02. The SMILES string of the molecule is CSc1ccc(C(=O)Nc2cncc(Br)c2)cc1. The molecule has 0 saturated carbocycles. The lowest BCUT2D eigenvalue weighted by Gasteiger charge is -2.05. The highest BCUT2D eigenvalue weighted by molar-refractivity contribution is 9.10. The number of hydrogen-bond acceptors (Lipinski definition) is 3. The highest BCUT2D eigenvalue weighted by Crippen LogP contribution is 2.17. The summed E-state index contributed by atoms with van der Waals surface area (Å²) in [7, 11) is 0. The van der Waals surface area contributed by atoms with Gasteiger partial charge in [0.15, 0.2) is 0 Å². The minimum atomic E-state index is -0.137. The zero-order valence-electron chi connectivity index (χ0n) is 9.68. The summed E-state index contributed by atoms with van der Waals surface area (Å²) in [5.74, 6) is -0.137. The molecule has 92 valence electrons. The zero-order valence-corrected chi connectivity index (χ0v) is 12.1. The van der Waals surface area contributed by atoms with Gasteiger partial charge in [0.25, 0.3) is 5.91 Å². The van der Waals surface area contributed by atoms with Crippen LogP contribution in [0.4, 0.5) is 5.69 Å². The Morgan fingerprint density at radius 3 is 2.61 bits per heavy atom. The summed E-state index contributed by atoms with van der Waals surface area (Å²) in [5.41, 5.74) is 1.30. The standard InChI is InChI=1S/C13H11BrN2OS/c1-18-12-4-2-9(3-5-12)13(17)16-11-6-10(14)7-15-8-11/h2-8H,1H3,(H,16,17). The van der Waals surface area contributed by atoms with Gasteiger partial charge in [0.2, 0.25) is 0 Å². The summed E-state index contributed by atoms with van der Waals surface area (Å²) in [6.45, 7) is 0. The van der Waals surface area contributed by atoms with Gasteiger partial charge >= 0.3 is 0 Å². The number of benzene rings is 1. The van der Waals surface area contributed by atoms with Gasteiger partial charge in [-0.1, -0.05) is 0 Å². The molecule has 0 aliphatic heterocycles. The van der Waals surface area contributed by atoms with Crippen molar-refractivity contribution in [1.82, 2.24) is 4.98 Å². The number of rotatable bonds is 3. The van der Waals surface area contributed by atoms with Gasteiger partial charge in [0, 0.05) is 21.1 Å². The van der Waals surface area contributed by atoms with Crippen LogP contribution in [0.3, 0.4) is 0 Å². The van der Waals surface area contributed by atoms with E-state index in [2.05, 4.69) is 26.2 Å². The van der Waals surface area contributed by atoms with E-state index in [-0.39, 0.29) is 5.91 Å². The molecule has 18 heavy (non-hydrogen) atoms. The molecule has 0 aliphatic carbocycles. The quantitative estimate of drug-likeness (QED) is 0.873. The van der Waals surface area contributed by atoms with Crippen molar-refractivity contribution in [2.75, 3.05) is 11.6 Å². The van der Waals surface area contributed by atoms with Crippen LogP contribution in [-0.2, 0) is 0 Å². The monoisotopic (exact) mass is 322 g/mol. The molecule has 0 unspecified atom stereocenters. The summed E-state index contributed by atoms with van der Waals surface area (Å²) < 4.78 is 0.832. The predicted octanol–water partition coefficient (Wildman–Crippen LogP) is 3.82. The second-order valence-corrected chi connectivity index (χ2v) is 5.37. The van der Waals surface area contributed by atoms with Crippen molar-refractivity contribution < 1.29 is 4.79 Å². The Labute approximate surface area is 118 Å². The zero-order chi connectivity index (χ0) is 13.0. The van der Waals surface area contributed by atoms with Gasteiger partial charge in [-0.15, -0.1) is 11.8 Å². The number of nitrogens with one attached hydrogen (secondary N) is 1. The normalized spacial score (nSPS) is 10.1. The maximum absolute atomic E-state index is 12.0. The topological polar surface area (TPSA) is 42.0 Å². The van der Waals surface area contributed by atoms with Crippen LogP contribution in [0.2, 0.25) is 0 Å². The van der Waals surface area contributed by atoms with Crippen LogP contribution in [-0.4, -0.2) is 17.1 Å². The highest BCUT2D eigenvalue weighted by Gasteiger charge is 2.06. The summed E-state index contributed by atoms with van der Waals surface area (Å²) in [5, 5.41) is 2.80. The number of hydrogen-bond donors (Lipinski definition) is 1. The van der Waals surface area contributed by atoms with Crippen LogP contribution in [0.1, 0.15) is 10.4 Å². The van der Waals surface area contributed by atoms with Crippen molar-refractivity contribution in [3.63, 3.8) is 0 Å². The van der Waals surface area contributed by atoms with E-state index in [0.29, 0.717) is 11.3 Å². The number of anilines is 1. The van der Waals surface area contributed by atoms with E-state index < -0.39 is 0 Å². The third kappa shape index (κ3) is 3.34. The molecule has 0 radical (unpaired) electrons. The molecule has 3 nitrogen and oxygen atoms in total. The van der Waals surface area contributed by atoms with Crippen LogP contribution in [0.5, 0.6) is 0 Å². The first kappa shape index (κ1) is 13.1. The lowest BCUT2D eigenvalue weighted by Crippen LogP contribution is -2.11. The Bertz CT molecular complexity index is 557. The third-order valence-electron chi connectivity index (χ3n) is 2.31. The van der Waals surface area contributed by atoms with Crippen molar-refractivity contribution in [3.05, 3.63) is 52.8 Å². The number of amides is 1. The van der Waals surface area contributed by atoms with E-state index >= 15 is 0 Å². The maximum Gasteiger partial charge on any atom is 0.255 e. The van der Waals surface area contributed by atoms with Crippen LogP contribution < -0.4 is 5.32 Å². The average molecular weight is 323 g/mol. The maximum atomic E-state index is 12.0. The number of nitrogens with zero attached hydrogens (tertiary/aromatic N) is 1. The van der Waals surface area contributed by atoms with Crippen LogP contribution in [0.25, 0.3) is 0 Å². The molecule has 2 rings (SSSR count). The van der Waals surface area contributed by atoms with E-state index in [1.807, 2.05) is 30.5 Å². The molecule has 2 aromatic rings. The van der Waals surface area contributed by atoms with Gasteiger partial charge in [0.05, 0.1) is 11.9 Å². The van der Waals surface area contributed by atoms with Gasteiger partial charge in [-0.05, 0) is 52.5 Å². The van der Waals surface area contributed by atoms with Crippen molar-refractivity contribution in [3.8, 4) is 0 Å². The van der Waals surface area contributed by atoms with Crippen molar-refractivity contribution in [2.45, 2.75) is 4.90 Å². The molecule has 1 aromatic heterocycles. The van der Waals surface area contributed by atoms with Crippen LogP contribution in [0.15, 0.2) is 52.1 Å². The molecule has 1 N–H and O–H groups in total. The Balaban J connectivity index is 2.11. The summed E-state index contributed by atoms with van der Waals surface area (Å²) in [4.78, 5) is 17.1. The smallest absolute Gasteiger partial charge is 0.255 e. The molecule has 0 atom stereocenters. The molecule has 0 fully saturated rings. The first-order valence-corrected chi connectivity index (χ1v) is 7.27. The fourth-order valence-corrected chi connectivity index (χ4v) is 2.20. The van der Waals surface area contributed by atoms with Gasteiger partial charge in [-0.2, -0.15) is 0 Å². The lowest BCUT2D eigenvalue weighted by molar-refractivity contribution is 0.102. The number of aromatic nitrogens is 1. The summed E-state index contributed by atoms with van der Waals surface area (Å²) in [6, 6.07) is 9.29. The van der Waals surface area contributed by atoms with E-state index in [1.165, 1.54) is 0 Å². The first-order valence-electron chi connectivity index (χ1n) is 5.25. The van der Waals surface area contributed by atoms with Gasteiger partial charge in [0.1, 0.15) is 0 Å².